The van der Waals surface area contributed by atoms with Crippen LogP contribution in [0.1, 0.15) is 17.5 Å². The number of aromatic nitrogens is 2. The number of halogens is 1. The van der Waals surface area contributed by atoms with E-state index in [1.54, 1.807) is 11.3 Å². The summed E-state index contributed by atoms with van der Waals surface area (Å²) in [6.07, 6.45) is 0.667. The number of rotatable bonds is 5. The fourth-order valence-corrected chi connectivity index (χ4v) is 3.43. The Morgan fingerprint density at radius 1 is 1.24 bits per heavy atom. The van der Waals surface area contributed by atoms with Crippen LogP contribution in [0.4, 0.5) is 0 Å². The van der Waals surface area contributed by atoms with Crippen LogP contribution in [0.5, 0.6) is 0 Å². The van der Waals surface area contributed by atoms with Gasteiger partial charge in [-0.05, 0) is 40.7 Å². The number of nitrogens with zero attached hydrogens (tertiary/aromatic N) is 2. The summed E-state index contributed by atoms with van der Waals surface area (Å²) in [7, 11) is 1.94. The number of nitrogens with one attached hydrogen (secondary N) is 1. The first-order valence-electron chi connectivity index (χ1n) is 6.57. The SMILES string of the molecule is CNC(Cc1nc(-c2ccc(Br)s2)no1)c1ccccc1. The number of hydrogen-bond donors (Lipinski definition) is 1. The summed E-state index contributed by atoms with van der Waals surface area (Å²) in [5, 5.41) is 7.34. The lowest BCUT2D eigenvalue weighted by Gasteiger charge is -2.13. The molecule has 1 aromatic carbocycles. The van der Waals surface area contributed by atoms with Gasteiger partial charge in [-0.2, -0.15) is 4.98 Å². The molecule has 0 fully saturated rings. The Balaban J connectivity index is 1.77. The van der Waals surface area contributed by atoms with Gasteiger partial charge in [-0.1, -0.05) is 35.5 Å². The summed E-state index contributed by atoms with van der Waals surface area (Å²) in [4.78, 5) is 5.48. The second-order valence-electron chi connectivity index (χ2n) is 4.57. The van der Waals surface area contributed by atoms with Crippen molar-refractivity contribution in [2.45, 2.75) is 12.5 Å². The van der Waals surface area contributed by atoms with E-state index in [4.69, 9.17) is 4.52 Å². The van der Waals surface area contributed by atoms with Crippen molar-refractivity contribution in [3.05, 3.63) is 57.7 Å². The van der Waals surface area contributed by atoms with Gasteiger partial charge in [-0.25, -0.2) is 0 Å². The van der Waals surface area contributed by atoms with Crippen LogP contribution in [0.2, 0.25) is 0 Å². The fourth-order valence-electron chi connectivity index (χ4n) is 2.12. The Bertz CT molecular complexity index is 711. The van der Waals surface area contributed by atoms with Crippen LogP contribution in [-0.2, 0) is 6.42 Å². The molecule has 0 amide bonds. The molecule has 3 aromatic rings. The van der Waals surface area contributed by atoms with Crippen molar-refractivity contribution in [3.63, 3.8) is 0 Å². The Kier molecular flexibility index (Phi) is 4.48. The minimum Gasteiger partial charge on any atom is -0.339 e. The number of hydrogen-bond acceptors (Lipinski definition) is 5. The second kappa shape index (κ2) is 6.51. The molecule has 0 bridgehead atoms. The first-order valence-corrected chi connectivity index (χ1v) is 8.17. The predicted octanol–water partition coefficient (Wildman–Crippen LogP) is 4.06. The minimum atomic E-state index is 0.162. The van der Waals surface area contributed by atoms with Gasteiger partial charge in [0.2, 0.25) is 11.7 Å². The molecule has 21 heavy (non-hydrogen) atoms. The van der Waals surface area contributed by atoms with Crippen molar-refractivity contribution in [3.8, 4) is 10.7 Å². The third-order valence-electron chi connectivity index (χ3n) is 3.19. The highest BCUT2D eigenvalue weighted by Crippen LogP contribution is 2.29. The molecule has 0 aliphatic rings. The first-order chi connectivity index (χ1) is 10.3. The van der Waals surface area contributed by atoms with Crippen LogP contribution in [0.25, 0.3) is 10.7 Å². The van der Waals surface area contributed by atoms with E-state index in [2.05, 4.69) is 43.5 Å². The maximum atomic E-state index is 5.37. The summed E-state index contributed by atoms with van der Waals surface area (Å²) in [5.74, 6) is 1.28. The standard InChI is InChI=1S/C15H14BrN3OS/c1-17-11(10-5-3-2-4-6-10)9-14-18-15(19-20-14)12-7-8-13(16)21-12/h2-8,11,17H,9H2,1H3. The molecule has 0 aliphatic carbocycles. The van der Waals surface area contributed by atoms with Crippen molar-refractivity contribution in [1.29, 1.82) is 0 Å². The Morgan fingerprint density at radius 2 is 2.05 bits per heavy atom. The summed E-state index contributed by atoms with van der Waals surface area (Å²) < 4.78 is 6.43. The van der Waals surface area contributed by atoms with E-state index in [0.717, 1.165) is 8.66 Å². The highest BCUT2D eigenvalue weighted by atomic mass is 79.9. The lowest BCUT2D eigenvalue weighted by atomic mass is 10.0. The van der Waals surface area contributed by atoms with Crippen LogP contribution >= 0.6 is 27.3 Å². The second-order valence-corrected chi connectivity index (χ2v) is 7.03. The normalized spacial score (nSPS) is 12.5. The molecule has 4 nitrogen and oxygen atoms in total. The van der Waals surface area contributed by atoms with Gasteiger partial charge in [0.1, 0.15) is 0 Å². The van der Waals surface area contributed by atoms with Crippen LogP contribution in [0.15, 0.2) is 50.8 Å². The molecule has 0 radical (unpaired) electrons. The zero-order valence-electron chi connectivity index (χ0n) is 11.4. The molecule has 2 heterocycles. The van der Waals surface area contributed by atoms with Crippen molar-refractivity contribution in [2.75, 3.05) is 7.05 Å². The zero-order chi connectivity index (χ0) is 14.7. The maximum Gasteiger partial charge on any atom is 0.228 e. The molecule has 0 spiro atoms. The highest BCUT2D eigenvalue weighted by Gasteiger charge is 2.16. The lowest BCUT2D eigenvalue weighted by Crippen LogP contribution is -2.18. The van der Waals surface area contributed by atoms with Gasteiger partial charge in [0.15, 0.2) is 0 Å². The summed E-state index contributed by atoms with van der Waals surface area (Å²) in [5.41, 5.74) is 1.21. The van der Waals surface area contributed by atoms with Crippen molar-refractivity contribution in [2.24, 2.45) is 0 Å². The van der Waals surface area contributed by atoms with E-state index in [1.165, 1.54) is 5.56 Å². The minimum absolute atomic E-state index is 0.162. The number of likely N-dealkylation sites (N-methyl/N-ethyl adjacent to an activating group) is 1. The molecule has 1 atom stereocenters. The van der Waals surface area contributed by atoms with E-state index in [-0.39, 0.29) is 6.04 Å². The van der Waals surface area contributed by atoms with Crippen LogP contribution in [-0.4, -0.2) is 17.2 Å². The van der Waals surface area contributed by atoms with E-state index in [9.17, 15) is 0 Å². The van der Waals surface area contributed by atoms with Crippen LogP contribution < -0.4 is 5.32 Å². The Morgan fingerprint density at radius 3 is 2.71 bits per heavy atom. The largest absolute Gasteiger partial charge is 0.339 e. The lowest BCUT2D eigenvalue weighted by molar-refractivity contribution is 0.363. The number of thiophene rings is 1. The Labute approximate surface area is 135 Å². The van der Waals surface area contributed by atoms with Crippen LogP contribution in [0, 0.1) is 0 Å². The summed E-state index contributed by atoms with van der Waals surface area (Å²) in [6, 6.07) is 14.4. The van der Waals surface area contributed by atoms with Crippen molar-refractivity contribution in [1.82, 2.24) is 15.5 Å². The van der Waals surface area contributed by atoms with E-state index in [0.29, 0.717) is 18.1 Å². The zero-order valence-corrected chi connectivity index (χ0v) is 13.8. The number of benzene rings is 1. The first kappa shape index (κ1) is 14.4. The maximum absolute atomic E-state index is 5.37. The molecular formula is C15H14BrN3OS. The monoisotopic (exact) mass is 363 g/mol. The van der Waals surface area contributed by atoms with Gasteiger partial charge in [-0.3, -0.25) is 0 Å². The molecule has 2 aromatic heterocycles. The average molecular weight is 364 g/mol. The molecule has 1 unspecified atom stereocenters. The quantitative estimate of drug-likeness (QED) is 0.742. The average Bonchev–Trinajstić information content (AvgIpc) is 3.14. The highest BCUT2D eigenvalue weighted by molar-refractivity contribution is 9.11. The molecule has 0 saturated heterocycles. The van der Waals surface area contributed by atoms with Gasteiger partial charge in [0, 0.05) is 12.5 Å². The molecule has 6 heteroatoms. The van der Waals surface area contributed by atoms with Gasteiger partial charge < -0.3 is 9.84 Å². The molecule has 108 valence electrons. The van der Waals surface area contributed by atoms with Gasteiger partial charge in [0.05, 0.1) is 8.66 Å². The molecule has 3 rings (SSSR count). The predicted molar refractivity (Wildman–Crippen MR) is 87.3 cm³/mol. The van der Waals surface area contributed by atoms with Crippen molar-refractivity contribution < 1.29 is 4.52 Å². The van der Waals surface area contributed by atoms with Gasteiger partial charge >= 0.3 is 0 Å². The van der Waals surface area contributed by atoms with Crippen LogP contribution in [0.3, 0.4) is 0 Å². The molecule has 0 saturated carbocycles. The Hall–Kier alpha value is -1.50. The van der Waals surface area contributed by atoms with E-state index >= 15 is 0 Å². The summed E-state index contributed by atoms with van der Waals surface area (Å²) in [6.45, 7) is 0. The van der Waals surface area contributed by atoms with E-state index < -0.39 is 0 Å². The fraction of sp³-hybridized carbons (Fsp3) is 0.200. The van der Waals surface area contributed by atoms with Gasteiger partial charge in [0.25, 0.3) is 0 Å². The third kappa shape index (κ3) is 3.40. The topological polar surface area (TPSA) is 51.0 Å². The molecular weight excluding hydrogens is 350 g/mol. The van der Waals surface area contributed by atoms with Gasteiger partial charge in [-0.15, -0.1) is 11.3 Å². The third-order valence-corrected chi connectivity index (χ3v) is 4.81. The summed E-state index contributed by atoms with van der Waals surface area (Å²) >= 11 is 5.03. The van der Waals surface area contributed by atoms with Crippen molar-refractivity contribution >= 4 is 27.3 Å². The molecule has 1 N–H and O–H groups in total. The van der Waals surface area contributed by atoms with E-state index in [1.807, 2.05) is 37.4 Å². The smallest absolute Gasteiger partial charge is 0.228 e. The molecule has 0 aliphatic heterocycles.